The van der Waals surface area contributed by atoms with E-state index in [2.05, 4.69) is 32.2 Å². The third kappa shape index (κ3) is 5.29. The molecule has 2 aromatic rings. The summed E-state index contributed by atoms with van der Waals surface area (Å²) in [5, 5.41) is 2.95. The number of hydrogen-bond acceptors (Lipinski definition) is 3. The Hall–Kier alpha value is -2.18. The molecule has 4 rings (SSSR count). The first-order valence-corrected chi connectivity index (χ1v) is 11.5. The summed E-state index contributed by atoms with van der Waals surface area (Å²) in [6.45, 7) is 4.49. The summed E-state index contributed by atoms with van der Waals surface area (Å²) in [7, 11) is 0. The standard InChI is InChI=1S/C24H28BrN3O2/c25-21-8-3-9-22(17-21)26-23(29)20-7-1-4-18(16-20)10-11-27-12-14-28(15-13-27)24(30)19-5-2-6-19/h1,3-4,7-9,16-17,19H,2,5-6,10-15H2,(H,26,29). The van der Waals surface area contributed by atoms with Gasteiger partial charge in [-0.3, -0.25) is 14.5 Å². The number of nitrogens with one attached hydrogen (secondary N) is 1. The molecule has 158 valence electrons. The van der Waals surface area contributed by atoms with E-state index in [-0.39, 0.29) is 5.91 Å². The van der Waals surface area contributed by atoms with Crippen LogP contribution in [0.4, 0.5) is 5.69 Å². The van der Waals surface area contributed by atoms with E-state index >= 15 is 0 Å². The second-order valence-corrected chi connectivity index (χ2v) is 9.13. The molecule has 2 amide bonds. The van der Waals surface area contributed by atoms with Gasteiger partial charge in [0, 0.05) is 54.4 Å². The van der Waals surface area contributed by atoms with Crippen molar-refractivity contribution in [2.45, 2.75) is 25.7 Å². The van der Waals surface area contributed by atoms with Crippen LogP contribution in [0.1, 0.15) is 35.2 Å². The van der Waals surface area contributed by atoms with Gasteiger partial charge in [0.1, 0.15) is 0 Å². The molecule has 6 heteroatoms. The fourth-order valence-electron chi connectivity index (χ4n) is 4.03. The molecule has 2 aromatic carbocycles. The van der Waals surface area contributed by atoms with E-state index in [9.17, 15) is 9.59 Å². The minimum atomic E-state index is -0.0990. The van der Waals surface area contributed by atoms with Crippen LogP contribution in [0.2, 0.25) is 0 Å². The largest absolute Gasteiger partial charge is 0.340 e. The van der Waals surface area contributed by atoms with Crippen molar-refractivity contribution in [1.82, 2.24) is 9.80 Å². The first-order chi connectivity index (χ1) is 14.6. The number of anilines is 1. The number of rotatable bonds is 6. The lowest BCUT2D eigenvalue weighted by molar-refractivity contribution is -0.139. The van der Waals surface area contributed by atoms with Crippen LogP contribution >= 0.6 is 15.9 Å². The van der Waals surface area contributed by atoms with Gasteiger partial charge in [-0.25, -0.2) is 0 Å². The zero-order valence-corrected chi connectivity index (χ0v) is 18.7. The summed E-state index contributed by atoms with van der Waals surface area (Å²) >= 11 is 3.43. The maximum atomic E-state index is 12.6. The molecule has 2 fully saturated rings. The molecule has 1 saturated heterocycles. The minimum Gasteiger partial charge on any atom is -0.340 e. The number of benzene rings is 2. The summed E-state index contributed by atoms with van der Waals surface area (Å²) in [4.78, 5) is 29.4. The van der Waals surface area contributed by atoms with Gasteiger partial charge >= 0.3 is 0 Å². The van der Waals surface area contributed by atoms with Crippen LogP contribution in [0, 0.1) is 5.92 Å². The SMILES string of the molecule is O=C(Nc1cccc(Br)c1)c1cccc(CCN2CCN(C(=O)C3CCC3)CC2)c1. The van der Waals surface area contributed by atoms with E-state index in [0.717, 1.165) is 67.7 Å². The van der Waals surface area contributed by atoms with E-state index in [4.69, 9.17) is 0 Å². The Bertz CT molecular complexity index is 905. The predicted octanol–water partition coefficient (Wildman–Crippen LogP) is 4.19. The lowest BCUT2D eigenvalue weighted by atomic mass is 9.84. The van der Waals surface area contributed by atoms with Crippen molar-refractivity contribution in [3.05, 3.63) is 64.1 Å². The van der Waals surface area contributed by atoms with Gasteiger partial charge in [0.15, 0.2) is 0 Å². The lowest BCUT2D eigenvalue weighted by Gasteiger charge is -2.38. The number of hydrogen-bond donors (Lipinski definition) is 1. The van der Waals surface area contributed by atoms with Crippen molar-refractivity contribution in [2.75, 3.05) is 38.0 Å². The van der Waals surface area contributed by atoms with Crippen LogP contribution < -0.4 is 5.32 Å². The van der Waals surface area contributed by atoms with Crippen molar-refractivity contribution in [3.63, 3.8) is 0 Å². The molecular weight excluding hydrogens is 442 g/mol. The molecule has 0 atom stereocenters. The number of carbonyl (C=O) groups excluding carboxylic acids is 2. The molecule has 0 radical (unpaired) electrons. The maximum absolute atomic E-state index is 12.6. The van der Waals surface area contributed by atoms with E-state index in [1.54, 1.807) is 0 Å². The van der Waals surface area contributed by atoms with Crippen LogP contribution in [0.15, 0.2) is 53.0 Å². The van der Waals surface area contributed by atoms with Crippen molar-refractivity contribution < 1.29 is 9.59 Å². The van der Waals surface area contributed by atoms with Gasteiger partial charge in [0.05, 0.1) is 0 Å². The Morgan fingerprint density at radius 3 is 2.47 bits per heavy atom. The van der Waals surface area contributed by atoms with Gasteiger partial charge in [-0.1, -0.05) is 40.5 Å². The Morgan fingerprint density at radius 1 is 1.00 bits per heavy atom. The first kappa shape index (κ1) is 21.1. The van der Waals surface area contributed by atoms with Crippen molar-refractivity contribution >= 4 is 33.4 Å². The monoisotopic (exact) mass is 469 g/mol. The van der Waals surface area contributed by atoms with Gasteiger partial charge in [-0.2, -0.15) is 0 Å². The van der Waals surface area contributed by atoms with Crippen molar-refractivity contribution in [1.29, 1.82) is 0 Å². The van der Waals surface area contributed by atoms with E-state index in [1.165, 1.54) is 6.42 Å². The van der Waals surface area contributed by atoms with Gasteiger partial charge in [0.2, 0.25) is 5.91 Å². The van der Waals surface area contributed by atoms with Gasteiger partial charge in [0.25, 0.3) is 5.91 Å². The molecule has 1 heterocycles. The topological polar surface area (TPSA) is 52.7 Å². The minimum absolute atomic E-state index is 0.0990. The molecule has 2 aliphatic rings. The predicted molar refractivity (Wildman–Crippen MR) is 123 cm³/mol. The van der Waals surface area contributed by atoms with Gasteiger partial charge in [-0.05, 0) is 55.2 Å². The zero-order chi connectivity index (χ0) is 20.9. The summed E-state index contributed by atoms with van der Waals surface area (Å²) in [5.74, 6) is 0.561. The Kier molecular flexibility index (Phi) is 6.85. The maximum Gasteiger partial charge on any atom is 0.255 e. The zero-order valence-electron chi connectivity index (χ0n) is 17.1. The summed E-state index contributed by atoms with van der Waals surface area (Å²) < 4.78 is 0.934. The first-order valence-electron chi connectivity index (χ1n) is 10.8. The second kappa shape index (κ2) is 9.75. The van der Waals surface area contributed by atoms with Gasteiger partial charge in [-0.15, -0.1) is 0 Å². The molecule has 1 aliphatic heterocycles. The van der Waals surface area contributed by atoms with E-state index < -0.39 is 0 Å². The van der Waals surface area contributed by atoms with Crippen LogP contribution in [-0.4, -0.2) is 54.3 Å². The van der Waals surface area contributed by atoms with E-state index in [0.29, 0.717) is 17.4 Å². The smallest absolute Gasteiger partial charge is 0.255 e. The molecule has 0 spiro atoms. The van der Waals surface area contributed by atoms with E-state index in [1.807, 2.05) is 47.4 Å². The quantitative estimate of drug-likeness (QED) is 0.689. The second-order valence-electron chi connectivity index (χ2n) is 8.21. The van der Waals surface area contributed by atoms with Crippen molar-refractivity contribution in [3.8, 4) is 0 Å². The molecule has 0 aromatic heterocycles. The summed E-state index contributed by atoms with van der Waals surface area (Å²) in [6, 6.07) is 15.4. The van der Waals surface area contributed by atoms with Gasteiger partial charge < -0.3 is 10.2 Å². The highest BCUT2D eigenvalue weighted by Gasteiger charge is 2.31. The number of piperazine rings is 1. The molecule has 1 N–H and O–H groups in total. The Labute approximate surface area is 186 Å². The third-order valence-electron chi connectivity index (χ3n) is 6.13. The fourth-order valence-corrected chi connectivity index (χ4v) is 4.43. The molecule has 1 saturated carbocycles. The van der Waals surface area contributed by atoms with Crippen LogP contribution in [0.25, 0.3) is 0 Å². The molecule has 0 unspecified atom stereocenters. The summed E-state index contributed by atoms with van der Waals surface area (Å²) in [6.07, 6.45) is 4.25. The van der Waals surface area contributed by atoms with Crippen molar-refractivity contribution in [2.24, 2.45) is 5.92 Å². The van der Waals surface area contributed by atoms with Crippen LogP contribution in [0.5, 0.6) is 0 Å². The fraction of sp³-hybridized carbons (Fsp3) is 0.417. The number of nitrogens with zero attached hydrogens (tertiary/aromatic N) is 2. The lowest BCUT2D eigenvalue weighted by Crippen LogP contribution is -2.51. The summed E-state index contributed by atoms with van der Waals surface area (Å²) in [5.41, 5.74) is 2.60. The average Bonchev–Trinajstić information content (AvgIpc) is 2.71. The molecule has 5 nitrogen and oxygen atoms in total. The molecule has 30 heavy (non-hydrogen) atoms. The Balaban J connectivity index is 1.26. The highest BCUT2D eigenvalue weighted by atomic mass is 79.9. The van der Waals surface area contributed by atoms with Crippen LogP contribution in [0.3, 0.4) is 0 Å². The molecule has 0 bridgehead atoms. The number of carbonyl (C=O) groups is 2. The Morgan fingerprint density at radius 2 is 1.77 bits per heavy atom. The number of halogens is 1. The molecular formula is C24H28BrN3O2. The number of amides is 2. The molecule has 1 aliphatic carbocycles. The average molecular weight is 470 g/mol. The highest BCUT2D eigenvalue weighted by molar-refractivity contribution is 9.10. The third-order valence-corrected chi connectivity index (χ3v) is 6.62. The highest BCUT2D eigenvalue weighted by Crippen LogP contribution is 2.28. The normalized spacial score (nSPS) is 17.4. The van der Waals surface area contributed by atoms with Crippen LogP contribution in [-0.2, 0) is 11.2 Å².